The minimum atomic E-state index is -0.787. The van der Waals surface area contributed by atoms with Crippen molar-refractivity contribution >= 4 is 37.2 Å². The minimum absolute atomic E-state index is 0.156. The van der Waals surface area contributed by atoms with Crippen LogP contribution in [0, 0.1) is 0 Å². The van der Waals surface area contributed by atoms with Crippen LogP contribution in [-0.2, 0) is 9.59 Å². The Morgan fingerprint density at radius 2 is 1.00 bits per heavy atom. The second-order valence-corrected chi connectivity index (χ2v) is 2.63. The Bertz CT molecular complexity index is 126. The van der Waals surface area contributed by atoms with Crippen LogP contribution in [0.1, 0.15) is 12.8 Å². The first-order valence-electron chi connectivity index (χ1n) is 4.09. The number of thiol groups is 2. The van der Waals surface area contributed by atoms with E-state index in [1.165, 1.54) is 0 Å². The van der Waals surface area contributed by atoms with Crippen LogP contribution in [0.25, 0.3) is 0 Å². The summed E-state index contributed by atoms with van der Waals surface area (Å²) in [6.45, 7) is 0. The average molecular weight is 276 g/mol. The first kappa shape index (κ1) is 24.7. The first-order chi connectivity index (χ1) is 7.54. The lowest BCUT2D eigenvalue weighted by atomic mass is 10.5. The molecule has 0 aromatic carbocycles. The van der Waals surface area contributed by atoms with Crippen molar-refractivity contribution < 1.29 is 30.0 Å². The van der Waals surface area contributed by atoms with E-state index in [0.717, 1.165) is 14.2 Å². The molecule has 8 heteroatoms. The zero-order valence-corrected chi connectivity index (χ0v) is 11.1. The number of carboxylic acids is 2. The Labute approximate surface area is 106 Å². The SMILES string of the molecule is CO.CO.O=C(O)CCS.O=C(O)CCS. The molecule has 16 heavy (non-hydrogen) atoms. The molecule has 0 spiro atoms. The molecule has 0 bridgehead atoms. The normalized spacial score (nSPS) is 6.88. The Kier molecular flexibility index (Phi) is 45.2. The average Bonchev–Trinajstić information content (AvgIpc) is 2.24. The van der Waals surface area contributed by atoms with Crippen molar-refractivity contribution in [1.82, 2.24) is 0 Å². The quantitative estimate of drug-likeness (QED) is 0.403. The third-order valence-electron chi connectivity index (χ3n) is 0.651. The molecule has 0 aliphatic heterocycles. The summed E-state index contributed by atoms with van der Waals surface area (Å²) in [4.78, 5) is 19.1. The summed E-state index contributed by atoms with van der Waals surface area (Å²) in [5.74, 6) is -0.722. The molecule has 0 saturated carbocycles. The van der Waals surface area contributed by atoms with E-state index in [1.54, 1.807) is 0 Å². The summed E-state index contributed by atoms with van der Waals surface area (Å²) < 4.78 is 0. The smallest absolute Gasteiger partial charge is 0.304 e. The monoisotopic (exact) mass is 276 g/mol. The maximum absolute atomic E-state index is 9.55. The predicted octanol–water partition coefficient (Wildman–Crippen LogP) is -0.00120. The lowest BCUT2D eigenvalue weighted by Crippen LogP contribution is -1.93. The van der Waals surface area contributed by atoms with Crippen LogP contribution < -0.4 is 0 Å². The summed E-state index contributed by atoms with van der Waals surface area (Å²) in [6, 6.07) is 0. The van der Waals surface area contributed by atoms with Gasteiger partial charge in [0.1, 0.15) is 0 Å². The van der Waals surface area contributed by atoms with E-state index >= 15 is 0 Å². The number of aliphatic hydroxyl groups excluding tert-OH is 2. The van der Waals surface area contributed by atoms with E-state index in [2.05, 4.69) is 25.3 Å². The summed E-state index contributed by atoms with van der Waals surface area (Å²) in [5, 5.41) is 29.7. The molecule has 0 fully saturated rings. The van der Waals surface area contributed by atoms with Gasteiger partial charge in [-0.05, 0) is 0 Å². The molecule has 0 atom stereocenters. The topological polar surface area (TPSA) is 115 Å². The zero-order chi connectivity index (χ0) is 14.0. The second kappa shape index (κ2) is 29.3. The van der Waals surface area contributed by atoms with Gasteiger partial charge in [0.15, 0.2) is 0 Å². The fourth-order valence-corrected chi connectivity index (χ4v) is 0.574. The molecule has 6 nitrogen and oxygen atoms in total. The molecule has 0 aromatic rings. The van der Waals surface area contributed by atoms with Gasteiger partial charge >= 0.3 is 11.9 Å². The molecule has 100 valence electrons. The molecular formula is C8H20O6S2. The number of hydrogen-bond acceptors (Lipinski definition) is 6. The number of aliphatic hydroxyl groups is 2. The Balaban J connectivity index is -0.0000000686. The van der Waals surface area contributed by atoms with Gasteiger partial charge in [-0.1, -0.05) is 0 Å². The molecule has 0 saturated heterocycles. The minimum Gasteiger partial charge on any atom is -0.481 e. The highest BCUT2D eigenvalue weighted by Crippen LogP contribution is 1.80. The Morgan fingerprint density at radius 1 is 0.812 bits per heavy atom. The van der Waals surface area contributed by atoms with E-state index in [4.69, 9.17) is 20.4 Å². The van der Waals surface area contributed by atoms with E-state index in [9.17, 15) is 9.59 Å². The van der Waals surface area contributed by atoms with Gasteiger partial charge < -0.3 is 20.4 Å². The van der Waals surface area contributed by atoms with E-state index in [1.807, 2.05) is 0 Å². The van der Waals surface area contributed by atoms with Gasteiger partial charge in [0.25, 0.3) is 0 Å². The van der Waals surface area contributed by atoms with Crippen LogP contribution in [0.5, 0.6) is 0 Å². The lowest BCUT2D eigenvalue weighted by molar-refractivity contribution is -0.137. The third kappa shape index (κ3) is 69.2. The van der Waals surface area contributed by atoms with Crippen LogP contribution in [-0.4, -0.2) is 58.1 Å². The predicted molar refractivity (Wildman–Crippen MR) is 68.5 cm³/mol. The lowest BCUT2D eigenvalue weighted by Gasteiger charge is -1.79. The molecule has 0 aliphatic carbocycles. The first-order valence-corrected chi connectivity index (χ1v) is 5.35. The number of carbonyl (C=O) groups is 2. The number of hydrogen-bond donors (Lipinski definition) is 6. The summed E-state index contributed by atoms with van der Waals surface area (Å²) >= 11 is 7.36. The Morgan fingerprint density at radius 3 is 1.00 bits per heavy atom. The van der Waals surface area contributed by atoms with Crippen LogP contribution in [0.15, 0.2) is 0 Å². The van der Waals surface area contributed by atoms with E-state index in [0.29, 0.717) is 11.5 Å². The van der Waals surface area contributed by atoms with E-state index < -0.39 is 11.9 Å². The molecule has 0 rings (SSSR count). The standard InChI is InChI=1S/2C3H6O2S.2CH4O/c2*4-3(5)1-2-6;2*1-2/h2*6H,1-2H2,(H,4,5);2*2H,1H3. The second-order valence-electron chi connectivity index (χ2n) is 1.73. The number of carboxylic acid groups (broad SMARTS) is 2. The summed E-state index contributed by atoms with van der Waals surface area (Å²) in [6.07, 6.45) is 0.312. The molecule has 4 N–H and O–H groups in total. The largest absolute Gasteiger partial charge is 0.481 e. The van der Waals surface area contributed by atoms with Gasteiger partial charge in [-0.3, -0.25) is 9.59 Å². The van der Waals surface area contributed by atoms with Gasteiger partial charge in [-0.2, -0.15) is 25.3 Å². The van der Waals surface area contributed by atoms with Crippen LogP contribution in [0.4, 0.5) is 0 Å². The van der Waals surface area contributed by atoms with Crippen LogP contribution >= 0.6 is 25.3 Å². The number of rotatable bonds is 4. The van der Waals surface area contributed by atoms with Gasteiger partial charge in [0.2, 0.25) is 0 Å². The third-order valence-corrected chi connectivity index (χ3v) is 1.10. The molecule has 0 heterocycles. The summed E-state index contributed by atoms with van der Waals surface area (Å²) in [7, 11) is 2.00. The highest BCUT2D eigenvalue weighted by Gasteiger charge is 1.88. The molecule has 0 aromatic heterocycles. The fourth-order valence-electron chi connectivity index (χ4n) is 0.191. The van der Waals surface area contributed by atoms with Crippen molar-refractivity contribution in [2.24, 2.45) is 0 Å². The van der Waals surface area contributed by atoms with Crippen molar-refractivity contribution in [3.05, 3.63) is 0 Å². The molecule has 0 unspecified atom stereocenters. The van der Waals surface area contributed by atoms with Crippen molar-refractivity contribution in [2.45, 2.75) is 12.8 Å². The molecule has 0 amide bonds. The van der Waals surface area contributed by atoms with Crippen LogP contribution in [0.2, 0.25) is 0 Å². The van der Waals surface area contributed by atoms with Crippen molar-refractivity contribution in [2.75, 3.05) is 25.7 Å². The molecular weight excluding hydrogens is 256 g/mol. The van der Waals surface area contributed by atoms with Crippen molar-refractivity contribution in [3.63, 3.8) is 0 Å². The van der Waals surface area contributed by atoms with Crippen molar-refractivity contribution in [3.8, 4) is 0 Å². The summed E-state index contributed by atoms with van der Waals surface area (Å²) in [5.41, 5.74) is 0. The van der Waals surface area contributed by atoms with E-state index in [-0.39, 0.29) is 12.8 Å². The number of aliphatic carboxylic acids is 2. The van der Waals surface area contributed by atoms with Crippen LogP contribution in [0.3, 0.4) is 0 Å². The maximum Gasteiger partial charge on any atom is 0.304 e. The zero-order valence-electron chi connectivity index (χ0n) is 9.33. The Hall–Kier alpha value is -0.440. The molecule has 0 aliphatic rings. The van der Waals surface area contributed by atoms with Gasteiger partial charge in [-0.15, -0.1) is 0 Å². The molecule has 0 radical (unpaired) electrons. The van der Waals surface area contributed by atoms with Gasteiger partial charge in [0.05, 0.1) is 12.8 Å². The highest BCUT2D eigenvalue weighted by molar-refractivity contribution is 7.80. The van der Waals surface area contributed by atoms with Gasteiger partial charge in [-0.25, -0.2) is 0 Å². The maximum atomic E-state index is 9.55. The van der Waals surface area contributed by atoms with Crippen molar-refractivity contribution in [1.29, 1.82) is 0 Å². The van der Waals surface area contributed by atoms with Gasteiger partial charge in [0, 0.05) is 25.7 Å². The highest BCUT2D eigenvalue weighted by atomic mass is 32.1. The fraction of sp³-hybridized carbons (Fsp3) is 0.750.